The quantitative estimate of drug-likeness (QED) is 0.445. The third-order valence-electron chi connectivity index (χ3n) is 6.16. The number of anilines is 1. The molecule has 0 aliphatic rings. The first kappa shape index (κ1) is 24.6. The molecule has 3 aromatic carbocycles. The van der Waals surface area contributed by atoms with Crippen LogP contribution in [0, 0.1) is 5.82 Å². The number of benzene rings is 3. The number of nitrogens with zero attached hydrogens (tertiary/aromatic N) is 2. The van der Waals surface area contributed by atoms with E-state index in [1.54, 1.807) is 25.3 Å². The number of halogens is 1. The molecular weight excluding hydrogens is 419 g/mol. The van der Waals surface area contributed by atoms with E-state index in [1.165, 1.54) is 12.1 Å². The lowest BCUT2D eigenvalue weighted by Gasteiger charge is -2.40. The molecule has 0 spiro atoms. The highest BCUT2D eigenvalue weighted by atomic mass is 19.1. The fraction of sp³-hybridized carbons (Fsp3) is 0.333. The molecule has 176 valence electrons. The molecule has 33 heavy (non-hydrogen) atoms. The SMILES string of the molecule is COc1ccc(C(C(CCC(O)c2ccc(F)cc2)N(C)C)N(C)c2ccccc2)c(O)c1. The van der Waals surface area contributed by atoms with Crippen molar-refractivity contribution >= 4 is 5.69 Å². The molecule has 0 bridgehead atoms. The van der Waals surface area contributed by atoms with Gasteiger partial charge < -0.3 is 24.7 Å². The molecule has 3 aromatic rings. The Hall–Kier alpha value is -3.09. The van der Waals surface area contributed by atoms with E-state index in [2.05, 4.69) is 9.80 Å². The standard InChI is InChI=1S/C27H33FN2O3/c1-29(2)24(16-17-25(31)19-10-12-20(28)13-11-19)27(30(3)21-8-6-5-7-9-21)23-15-14-22(33-4)18-26(23)32/h5-15,18,24-25,27,31-32H,16-17H2,1-4H3. The maximum absolute atomic E-state index is 13.3. The first-order chi connectivity index (χ1) is 15.8. The van der Waals surface area contributed by atoms with E-state index in [-0.39, 0.29) is 23.7 Å². The number of aliphatic hydroxyl groups excluding tert-OH is 1. The second kappa shape index (κ2) is 11.2. The summed E-state index contributed by atoms with van der Waals surface area (Å²) in [6, 6.07) is 21.1. The predicted molar refractivity (Wildman–Crippen MR) is 130 cm³/mol. The van der Waals surface area contributed by atoms with Crippen LogP contribution in [0.15, 0.2) is 72.8 Å². The number of likely N-dealkylation sites (N-methyl/N-ethyl adjacent to an activating group) is 2. The van der Waals surface area contributed by atoms with Crippen molar-refractivity contribution in [3.05, 3.63) is 89.7 Å². The fourth-order valence-electron chi connectivity index (χ4n) is 4.28. The van der Waals surface area contributed by atoms with E-state index in [0.29, 0.717) is 24.2 Å². The van der Waals surface area contributed by atoms with Crippen molar-refractivity contribution in [2.75, 3.05) is 33.2 Å². The number of phenols is 1. The van der Waals surface area contributed by atoms with Gasteiger partial charge in [0.1, 0.15) is 17.3 Å². The average molecular weight is 453 g/mol. The Morgan fingerprint density at radius 1 is 0.909 bits per heavy atom. The molecule has 0 saturated carbocycles. The number of aromatic hydroxyl groups is 1. The zero-order valence-electron chi connectivity index (χ0n) is 19.6. The van der Waals surface area contributed by atoms with Gasteiger partial charge in [-0.1, -0.05) is 30.3 Å². The smallest absolute Gasteiger partial charge is 0.124 e. The Labute approximate surface area is 195 Å². The Bertz CT molecular complexity index is 1010. The largest absolute Gasteiger partial charge is 0.507 e. The maximum Gasteiger partial charge on any atom is 0.124 e. The molecule has 0 aliphatic heterocycles. The molecular formula is C27H33FN2O3. The molecule has 0 saturated heterocycles. The number of methoxy groups -OCH3 is 1. The lowest BCUT2D eigenvalue weighted by atomic mass is 9.90. The van der Waals surface area contributed by atoms with Crippen LogP contribution >= 0.6 is 0 Å². The van der Waals surface area contributed by atoms with Crippen LogP contribution < -0.4 is 9.64 Å². The van der Waals surface area contributed by atoms with Crippen LogP contribution in [0.25, 0.3) is 0 Å². The molecule has 0 aromatic heterocycles. The predicted octanol–water partition coefficient (Wildman–Crippen LogP) is 5.16. The van der Waals surface area contributed by atoms with E-state index >= 15 is 0 Å². The number of hydrogen-bond donors (Lipinski definition) is 2. The highest BCUT2D eigenvalue weighted by Gasteiger charge is 2.31. The van der Waals surface area contributed by atoms with Gasteiger partial charge in [-0.25, -0.2) is 4.39 Å². The molecule has 0 fully saturated rings. The Morgan fingerprint density at radius 2 is 1.58 bits per heavy atom. The average Bonchev–Trinajstić information content (AvgIpc) is 2.82. The normalized spacial score (nSPS) is 14.0. The summed E-state index contributed by atoms with van der Waals surface area (Å²) in [6.07, 6.45) is 0.434. The summed E-state index contributed by atoms with van der Waals surface area (Å²) in [5, 5.41) is 21.6. The van der Waals surface area contributed by atoms with E-state index in [0.717, 1.165) is 11.3 Å². The minimum atomic E-state index is -0.708. The topological polar surface area (TPSA) is 56.2 Å². The van der Waals surface area contributed by atoms with Crippen LogP contribution in [-0.2, 0) is 0 Å². The summed E-state index contributed by atoms with van der Waals surface area (Å²) in [4.78, 5) is 4.27. The van der Waals surface area contributed by atoms with Gasteiger partial charge >= 0.3 is 0 Å². The van der Waals surface area contributed by atoms with Gasteiger partial charge in [-0.15, -0.1) is 0 Å². The highest BCUT2D eigenvalue weighted by molar-refractivity contribution is 5.52. The molecule has 0 radical (unpaired) electrons. The Kier molecular flexibility index (Phi) is 8.31. The Morgan fingerprint density at radius 3 is 2.15 bits per heavy atom. The van der Waals surface area contributed by atoms with Crippen LogP contribution in [0.1, 0.15) is 36.1 Å². The highest BCUT2D eigenvalue weighted by Crippen LogP contribution is 2.39. The summed E-state index contributed by atoms with van der Waals surface area (Å²) in [7, 11) is 7.58. The van der Waals surface area contributed by atoms with Crippen LogP contribution in [-0.4, -0.2) is 49.4 Å². The molecule has 3 atom stereocenters. The fourth-order valence-corrected chi connectivity index (χ4v) is 4.28. The molecule has 6 heteroatoms. The van der Waals surface area contributed by atoms with E-state index in [4.69, 9.17) is 4.74 Å². The van der Waals surface area contributed by atoms with Crippen molar-refractivity contribution in [3.63, 3.8) is 0 Å². The minimum absolute atomic E-state index is 0.0374. The molecule has 3 rings (SSSR count). The van der Waals surface area contributed by atoms with Crippen LogP contribution in [0.5, 0.6) is 11.5 Å². The zero-order valence-corrected chi connectivity index (χ0v) is 19.6. The number of hydrogen-bond acceptors (Lipinski definition) is 5. The molecule has 5 nitrogen and oxygen atoms in total. The second-order valence-corrected chi connectivity index (χ2v) is 8.49. The van der Waals surface area contributed by atoms with Gasteiger partial charge in [0.15, 0.2) is 0 Å². The number of rotatable bonds is 10. The first-order valence-corrected chi connectivity index (χ1v) is 11.1. The number of para-hydroxylation sites is 1. The third kappa shape index (κ3) is 6.03. The number of ether oxygens (including phenoxy) is 1. The molecule has 3 unspecified atom stereocenters. The number of aliphatic hydroxyl groups is 1. The first-order valence-electron chi connectivity index (χ1n) is 11.1. The van der Waals surface area contributed by atoms with Gasteiger partial charge in [-0.3, -0.25) is 0 Å². The molecule has 0 aliphatic carbocycles. The van der Waals surface area contributed by atoms with E-state index in [1.807, 2.05) is 63.6 Å². The molecule has 0 heterocycles. The number of phenolic OH excluding ortho intramolecular Hbond substituents is 1. The summed E-state index contributed by atoms with van der Waals surface area (Å²) in [6.45, 7) is 0. The van der Waals surface area contributed by atoms with Crippen LogP contribution in [0.4, 0.5) is 10.1 Å². The van der Waals surface area contributed by atoms with Gasteiger partial charge in [0, 0.05) is 30.4 Å². The minimum Gasteiger partial charge on any atom is -0.507 e. The van der Waals surface area contributed by atoms with Crippen LogP contribution in [0.3, 0.4) is 0 Å². The summed E-state index contributed by atoms with van der Waals surface area (Å²) >= 11 is 0. The van der Waals surface area contributed by atoms with Gasteiger partial charge in [0.25, 0.3) is 0 Å². The summed E-state index contributed by atoms with van der Waals surface area (Å²) in [5.74, 6) is 0.426. The van der Waals surface area contributed by atoms with Crippen molar-refractivity contribution < 1.29 is 19.3 Å². The third-order valence-corrected chi connectivity index (χ3v) is 6.16. The van der Waals surface area contributed by atoms with Crippen molar-refractivity contribution in [1.82, 2.24) is 4.90 Å². The monoisotopic (exact) mass is 452 g/mol. The van der Waals surface area contributed by atoms with Gasteiger partial charge in [-0.2, -0.15) is 0 Å². The summed E-state index contributed by atoms with van der Waals surface area (Å²) in [5.41, 5.74) is 2.48. The van der Waals surface area contributed by atoms with E-state index in [9.17, 15) is 14.6 Å². The summed E-state index contributed by atoms with van der Waals surface area (Å²) < 4.78 is 18.6. The van der Waals surface area contributed by atoms with Gasteiger partial charge in [0.2, 0.25) is 0 Å². The van der Waals surface area contributed by atoms with E-state index < -0.39 is 6.10 Å². The second-order valence-electron chi connectivity index (χ2n) is 8.49. The lowest BCUT2D eigenvalue weighted by Crippen LogP contribution is -2.42. The van der Waals surface area contributed by atoms with Crippen molar-refractivity contribution in [3.8, 4) is 11.5 Å². The lowest BCUT2D eigenvalue weighted by molar-refractivity contribution is 0.140. The van der Waals surface area contributed by atoms with Crippen molar-refractivity contribution in [2.24, 2.45) is 0 Å². The van der Waals surface area contributed by atoms with Crippen LogP contribution in [0.2, 0.25) is 0 Å². The van der Waals surface area contributed by atoms with Gasteiger partial charge in [-0.05, 0) is 68.9 Å². The van der Waals surface area contributed by atoms with Crippen molar-refractivity contribution in [2.45, 2.75) is 31.0 Å². The molecule has 0 amide bonds. The van der Waals surface area contributed by atoms with Crippen molar-refractivity contribution in [1.29, 1.82) is 0 Å². The van der Waals surface area contributed by atoms with Gasteiger partial charge in [0.05, 0.1) is 19.3 Å². The Balaban J connectivity index is 1.94. The maximum atomic E-state index is 13.3. The zero-order chi connectivity index (χ0) is 24.0. The molecule has 2 N–H and O–H groups in total.